The first kappa shape index (κ1) is 16.3. The Labute approximate surface area is 120 Å². The summed E-state index contributed by atoms with van der Waals surface area (Å²) in [5.41, 5.74) is 0.490. The van der Waals surface area contributed by atoms with E-state index >= 15 is 0 Å². The van der Waals surface area contributed by atoms with E-state index in [1.54, 1.807) is 6.92 Å². The molecule has 19 heavy (non-hydrogen) atoms. The monoisotopic (exact) mass is 306 g/mol. The van der Waals surface area contributed by atoms with Gasteiger partial charge in [-0.1, -0.05) is 0 Å². The number of nitrogens with zero attached hydrogens (tertiary/aromatic N) is 3. The van der Waals surface area contributed by atoms with Gasteiger partial charge in [-0.3, -0.25) is 9.97 Å². The van der Waals surface area contributed by atoms with E-state index in [0.29, 0.717) is 25.3 Å². The van der Waals surface area contributed by atoms with Gasteiger partial charge in [-0.25, -0.2) is 8.42 Å². The fourth-order valence-corrected chi connectivity index (χ4v) is 3.68. The Morgan fingerprint density at radius 3 is 2.79 bits per heavy atom. The number of hydrogen-bond donors (Lipinski definition) is 1. The van der Waals surface area contributed by atoms with Crippen molar-refractivity contribution in [3.63, 3.8) is 0 Å². The molecule has 2 heterocycles. The van der Waals surface area contributed by atoms with Crippen LogP contribution >= 0.6 is 12.4 Å². The molecule has 2 unspecified atom stereocenters. The first-order valence-corrected chi connectivity index (χ1v) is 7.50. The number of aromatic nitrogens is 2. The molecule has 0 saturated carbocycles. The predicted molar refractivity (Wildman–Crippen MR) is 75.7 cm³/mol. The Hall–Kier alpha value is -0.760. The Morgan fingerprint density at radius 2 is 2.21 bits per heavy atom. The molecule has 6 nitrogen and oxygen atoms in total. The van der Waals surface area contributed by atoms with Crippen LogP contribution in [0, 0.1) is 0 Å². The summed E-state index contributed by atoms with van der Waals surface area (Å²) >= 11 is 0. The van der Waals surface area contributed by atoms with Gasteiger partial charge in [0.1, 0.15) is 5.25 Å². The number of hydrogen-bond acceptors (Lipinski definition) is 5. The molecule has 1 aliphatic rings. The zero-order chi connectivity index (χ0) is 13.2. The lowest BCUT2D eigenvalue weighted by molar-refractivity contribution is 0.307. The van der Waals surface area contributed by atoms with Crippen molar-refractivity contribution in [2.45, 2.75) is 25.1 Å². The van der Waals surface area contributed by atoms with Crippen molar-refractivity contribution in [1.82, 2.24) is 19.6 Å². The molecule has 108 valence electrons. The highest BCUT2D eigenvalue weighted by Gasteiger charge is 2.33. The van der Waals surface area contributed by atoms with Crippen molar-refractivity contribution in [2.24, 2.45) is 0 Å². The van der Waals surface area contributed by atoms with Gasteiger partial charge < -0.3 is 5.32 Å². The molecule has 0 aliphatic carbocycles. The van der Waals surface area contributed by atoms with E-state index < -0.39 is 15.3 Å². The van der Waals surface area contributed by atoms with Crippen LogP contribution in [-0.2, 0) is 10.0 Å². The Balaban J connectivity index is 0.00000180. The second-order valence-electron chi connectivity index (χ2n) is 4.53. The quantitative estimate of drug-likeness (QED) is 0.884. The molecule has 1 aliphatic heterocycles. The van der Waals surface area contributed by atoms with Gasteiger partial charge in [0, 0.05) is 44.3 Å². The van der Waals surface area contributed by atoms with Crippen molar-refractivity contribution >= 4 is 22.4 Å². The third kappa shape index (κ3) is 3.62. The Kier molecular flexibility index (Phi) is 5.66. The van der Waals surface area contributed by atoms with Crippen molar-refractivity contribution in [2.75, 3.05) is 19.6 Å². The zero-order valence-electron chi connectivity index (χ0n) is 11.0. The summed E-state index contributed by atoms with van der Waals surface area (Å²) in [5.74, 6) is 0. The van der Waals surface area contributed by atoms with Crippen LogP contribution < -0.4 is 5.32 Å². The minimum absolute atomic E-state index is 0. The van der Waals surface area contributed by atoms with Gasteiger partial charge in [-0.2, -0.15) is 4.31 Å². The number of halogens is 1. The van der Waals surface area contributed by atoms with Crippen LogP contribution in [0.3, 0.4) is 0 Å². The lowest BCUT2D eigenvalue weighted by Crippen LogP contribution is -2.52. The van der Waals surface area contributed by atoms with Gasteiger partial charge in [-0.05, 0) is 13.8 Å². The summed E-state index contributed by atoms with van der Waals surface area (Å²) in [7, 11) is -3.36. The van der Waals surface area contributed by atoms with Gasteiger partial charge in [0.2, 0.25) is 10.0 Å². The fourth-order valence-electron chi connectivity index (χ4n) is 2.02. The van der Waals surface area contributed by atoms with Gasteiger partial charge in [-0.15, -0.1) is 12.4 Å². The standard InChI is InChI=1S/C11H18N4O2S.ClH/c1-9-8-15(6-5-13-9)18(16,17)10(2)11-7-12-3-4-14-11;/h3-4,7,9-10,13H,5-6,8H2,1-2H3;1H. The molecule has 1 N–H and O–H groups in total. The molecule has 1 aromatic rings. The SMILES string of the molecule is CC1CN(S(=O)(=O)C(C)c2cnccn2)CCN1.Cl. The van der Waals surface area contributed by atoms with E-state index in [0.717, 1.165) is 0 Å². The molecule has 0 amide bonds. The number of sulfonamides is 1. The minimum atomic E-state index is -3.36. The van der Waals surface area contributed by atoms with Crippen molar-refractivity contribution in [3.05, 3.63) is 24.3 Å². The summed E-state index contributed by atoms with van der Waals surface area (Å²) in [6, 6.07) is 0.183. The van der Waals surface area contributed by atoms with Gasteiger partial charge in [0.05, 0.1) is 5.69 Å². The van der Waals surface area contributed by atoms with E-state index in [-0.39, 0.29) is 18.4 Å². The largest absolute Gasteiger partial charge is 0.312 e. The lowest BCUT2D eigenvalue weighted by atomic mass is 10.3. The first-order chi connectivity index (χ1) is 8.51. The maximum absolute atomic E-state index is 12.5. The minimum Gasteiger partial charge on any atom is -0.312 e. The molecule has 1 fully saturated rings. The molecular formula is C11H19ClN4O2S. The maximum Gasteiger partial charge on any atom is 0.222 e. The molecule has 8 heteroatoms. The van der Waals surface area contributed by atoms with E-state index in [4.69, 9.17) is 0 Å². The van der Waals surface area contributed by atoms with Crippen molar-refractivity contribution in [1.29, 1.82) is 0 Å². The summed E-state index contributed by atoms with van der Waals surface area (Å²) in [5, 5.41) is 2.57. The molecule has 0 spiro atoms. The van der Waals surface area contributed by atoms with Crippen LogP contribution in [0.5, 0.6) is 0 Å². The van der Waals surface area contributed by atoms with Crippen LogP contribution in [0.4, 0.5) is 0 Å². The first-order valence-electron chi connectivity index (χ1n) is 6.00. The van der Waals surface area contributed by atoms with E-state index in [2.05, 4.69) is 15.3 Å². The van der Waals surface area contributed by atoms with Crippen molar-refractivity contribution < 1.29 is 8.42 Å². The van der Waals surface area contributed by atoms with Crippen LogP contribution in [0.2, 0.25) is 0 Å². The lowest BCUT2D eigenvalue weighted by Gasteiger charge is -2.32. The Bertz CT molecular complexity index is 497. The molecule has 1 saturated heterocycles. The van der Waals surface area contributed by atoms with Crippen LogP contribution in [0.15, 0.2) is 18.6 Å². The summed E-state index contributed by atoms with van der Waals surface area (Å²) in [4.78, 5) is 8.00. The molecule has 2 rings (SSSR count). The van der Waals surface area contributed by atoms with Gasteiger partial charge in [0.15, 0.2) is 0 Å². The summed E-state index contributed by atoms with van der Waals surface area (Å²) < 4.78 is 26.5. The average molecular weight is 307 g/mol. The smallest absolute Gasteiger partial charge is 0.222 e. The van der Waals surface area contributed by atoms with Crippen LogP contribution in [0.1, 0.15) is 24.8 Å². The molecule has 1 aromatic heterocycles. The second-order valence-corrected chi connectivity index (χ2v) is 6.78. The number of nitrogens with one attached hydrogen (secondary N) is 1. The molecule has 0 bridgehead atoms. The summed E-state index contributed by atoms with van der Waals surface area (Å²) in [6.07, 6.45) is 4.56. The van der Waals surface area contributed by atoms with Crippen LogP contribution in [0.25, 0.3) is 0 Å². The number of piperazine rings is 1. The van der Waals surface area contributed by atoms with Gasteiger partial charge in [0.25, 0.3) is 0 Å². The predicted octanol–water partition coefficient (Wildman–Crippen LogP) is 0.583. The highest BCUT2D eigenvalue weighted by Crippen LogP contribution is 2.23. The average Bonchev–Trinajstić information content (AvgIpc) is 2.39. The third-order valence-corrected chi connectivity index (χ3v) is 5.32. The highest BCUT2D eigenvalue weighted by atomic mass is 35.5. The third-order valence-electron chi connectivity index (χ3n) is 3.14. The van der Waals surface area contributed by atoms with Gasteiger partial charge >= 0.3 is 0 Å². The molecule has 0 radical (unpaired) electrons. The van der Waals surface area contributed by atoms with E-state index in [9.17, 15) is 8.42 Å². The molecular weight excluding hydrogens is 288 g/mol. The zero-order valence-corrected chi connectivity index (χ0v) is 12.6. The van der Waals surface area contributed by atoms with E-state index in [1.165, 1.54) is 22.9 Å². The number of rotatable bonds is 3. The van der Waals surface area contributed by atoms with Crippen molar-refractivity contribution in [3.8, 4) is 0 Å². The van der Waals surface area contributed by atoms with E-state index in [1.807, 2.05) is 6.92 Å². The maximum atomic E-state index is 12.5. The normalized spacial score (nSPS) is 22.5. The molecule has 0 aromatic carbocycles. The highest BCUT2D eigenvalue weighted by molar-refractivity contribution is 7.89. The summed E-state index contributed by atoms with van der Waals surface area (Å²) in [6.45, 7) is 5.35. The topological polar surface area (TPSA) is 75.2 Å². The molecule has 2 atom stereocenters. The van der Waals surface area contributed by atoms with Crippen LogP contribution in [-0.4, -0.2) is 48.4 Å². The Morgan fingerprint density at radius 1 is 1.47 bits per heavy atom. The fraction of sp³-hybridized carbons (Fsp3) is 0.636. The second kappa shape index (κ2) is 6.60.